The van der Waals surface area contributed by atoms with Gasteiger partial charge < -0.3 is 10.2 Å². The third kappa shape index (κ3) is 5.45. The Morgan fingerprint density at radius 1 is 1.12 bits per heavy atom. The van der Waals surface area contributed by atoms with Crippen LogP contribution >= 0.6 is 11.3 Å². The number of carbonyl (C=O) groups is 2. The van der Waals surface area contributed by atoms with Gasteiger partial charge in [0.15, 0.2) is 9.84 Å². The maximum absolute atomic E-state index is 12.6. The predicted molar refractivity (Wildman–Crippen MR) is 127 cm³/mol. The molecule has 0 radical (unpaired) electrons. The highest BCUT2D eigenvalue weighted by atomic mass is 32.2. The molecule has 2 amide bonds. The first-order valence-corrected chi connectivity index (χ1v) is 13.0. The lowest BCUT2D eigenvalue weighted by Gasteiger charge is -2.17. The number of nitrogens with zero attached hydrogens (tertiary/aromatic N) is 3. The van der Waals surface area contributed by atoms with Crippen molar-refractivity contribution in [2.24, 2.45) is 0 Å². The summed E-state index contributed by atoms with van der Waals surface area (Å²) in [6.07, 6.45) is 0.138. The number of anilines is 2. The van der Waals surface area contributed by atoms with Gasteiger partial charge in [0, 0.05) is 31.0 Å². The van der Waals surface area contributed by atoms with Crippen LogP contribution in [0.2, 0.25) is 0 Å². The van der Waals surface area contributed by atoms with Gasteiger partial charge >= 0.3 is 0 Å². The standard InChI is InChI=1S/C23H24N4O4S2/c1-15-10-16(2)12-18(11-15)27-14-17(13-21(27)29)22-25-26-23(32-22)24-20(28)8-9-33(30,31)19-6-4-3-5-7-19/h3-7,10-12,17H,8-9,13-14H2,1-2H3,(H,24,26,28)/t17-/m0/s1. The topological polar surface area (TPSA) is 109 Å². The molecule has 3 aromatic rings. The van der Waals surface area contributed by atoms with E-state index in [9.17, 15) is 18.0 Å². The zero-order valence-corrected chi connectivity index (χ0v) is 19.9. The Morgan fingerprint density at radius 3 is 2.52 bits per heavy atom. The normalized spacial score (nSPS) is 16.2. The van der Waals surface area contributed by atoms with E-state index in [-0.39, 0.29) is 28.9 Å². The van der Waals surface area contributed by atoms with Crippen molar-refractivity contribution in [1.29, 1.82) is 0 Å². The molecular weight excluding hydrogens is 460 g/mol. The minimum absolute atomic E-state index is 0.0249. The average Bonchev–Trinajstić information content (AvgIpc) is 3.39. The SMILES string of the molecule is Cc1cc(C)cc(N2C[C@@H](c3nnc(NC(=O)CCS(=O)(=O)c4ccccc4)s3)CC2=O)c1. The molecular formula is C23H24N4O4S2. The first-order valence-electron chi connectivity index (χ1n) is 10.5. The van der Waals surface area contributed by atoms with Gasteiger partial charge in [-0.2, -0.15) is 0 Å². The number of hydrogen-bond donors (Lipinski definition) is 1. The van der Waals surface area contributed by atoms with E-state index in [1.165, 1.54) is 23.5 Å². The van der Waals surface area contributed by atoms with Crippen LogP contribution in [-0.2, 0) is 19.4 Å². The van der Waals surface area contributed by atoms with Gasteiger partial charge in [0.25, 0.3) is 0 Å². The Balaban J connectivity index is 1.36. The highest BCUT2D eigenvalue weighted by Crippen LogP contribution is 2.34. The van der Waals surface area contributed by atoms with Crippen LogP contribution in [-0.4, -0.2) is 42.7 Å². The molecule has 172 valence electrons. The van der Waals surface area contributed by atoms with Crippen molar-refractivity contribution in [3.63, 3.8) is 0 Å². The molecule has 0 unspecified atom stereocenters. The van der Waals surface area contributed by atoms with Crippen LogP contribution < -0.4 is 10.2 Å². The molecule has 1 aliphatic rings. The summed E-state index contributed by atoms with van der Waals surface area (Å²) in [5.74, 6) is -0.829. The van der Waals surface area contributed by atoms with Crippen molar-refractivity contribution in [2.75, 3.05) is 22.5 Å². The molecule has 4 rings (SSSR count). The second-order valence-electron chi connectivity index (χ2n) is 8.13. The van der Waals surface area contributed by atoms with Crippen LogP contribution in [0.15, 0.2) is 53.4 Å². The lowest BCUT2D eigenvalue weighted by atomic mass is 10.1. The maximum Gasteiger partial charge on any atom is 0.227 e. The zero-order chi connectivity index (χ0) is 23.6. The number of sulfone groups is 1. The lowest BCUT2D eigenvalue weighted by molar-refractivity contribution is -0.117. The Morgan fingerprint density at radius 2 is 1.82 bits per heavy atom. The Labute approximate surface area is 196 Å². The molecule has 2 heterocycles. The van der Waals surface area contributed by atoms with E-state index < -0.39 is 15.7 Å². The molecule has 0 spiro atoms. The number of benzene rings is 2. The first kappa shape index (κ1) is 23.1. The molecule has 0 saturated carbocycles. The van der Waals surface area contributed by atoms with Crippen molar-refractivity contribution >= 4 is 43.8 Å². The fourth-order valence-corrected chi connectivity index (χ4v) is 5.95. The van der Waals surface area contributed by atoms with Gasteiger partial charge in [0.05, 0.1) is 10.6 Å². The van der Waals surface area contributed by atoms with Gasteiger partial charge in [-0.25, -0.2) is 8.42 Å². The van der Waals surface area contributed by atoms with Crippen LogP contribution in [0.3, 0.4) is 0 Å². The molecule has 0 bridgehead atoms. The minimum atomic E-state index is -3.54. The Bertz CT molecular complexity index is 1270. The van der Waals surface area contributed by atoms with E-state index in [0.29, 0.717) is 23.1 Å². The monoisotopic (exact) mass is 484 g/mol. The molecule has 33 heavy (non-hydrogen) atoms. The third-order valence-corrected chi connectivity index (χ3v) is 8.11. The van der Waals surface area contributed by atoms with Crippen molar-refractivity contribution in [1.82, 2.24) is 10.2 Å². The molecule has 1 fully saturated rings. The molecule has 1 aromatic heterocycles. The van der Waals surface area contributed by atoms with Crippen molar-refractivity contribution in [3.8, 4) is 0 Å². The van der Waals surface area contributed by atoms with Crippen LogP contribution in [0.1, 0.15) is 34.9 Å². The molecule has 0 aliphatic carbocycles. The van der Waals surface area contributed by atoms with E-state index in [0.717, 1.165) is 16.8 Å². The smallest absolute Gasteiger partial charge is 0.227 e. The summed E-state index contributed by atoms with van der Waals surface area (Å²) in [6, 6.07) is 14.1. The molecule has 1 atom stereocenters. The summed E-state index contributed by atoms with van der Waals surface area (Å²) in [5, 5.41) is 11.8. The van der Waals surface area contributed by atoms with E-state index in [4.69, 9.17) is 0 Å². The van der Waals surface area contributed by atoms with Gasteiger partial charge in [-0.15, -0.1) is 10.2 Å². The van der Waals surface area contributed by atoms with E-state index in [2.05, 4.69) is 21.6 Å². The van der Waals surface area contributed by atoms with Crippen LogP contribution in [0.25, 0.3) is 0 Å². The molecule has 1 aliphatic heterocycles. The van der Waals surface area contributed by atoms with E-state index in [1.54, 1.807) is 23.1 Å². The highest BCUT2D eigenvalue weighted by Gasteiger charge is 2.34. The largest absolute Gasteiger partial charge is 0.312 e. The Kier molecular flexibility index (Phi) is 6.57. The van der Waals surface area contributed by atoms with E-state index >= 15 is 0 Å². The summed E-state index contributed by atoms with van der Waals surface area (Å²) >= 11 is 1.21. The number of carbonyl (C=O) groups excluding carboxylic acids is 2. The van der Waals surface area contributed by atoms with Crippen LogP contribution in [0.4, 0.5) is 10.8 Å². The number of nitrogens with one attached hydrogen (secondary N) is 1. The third-order valence-electron chi connectivity index (χ3n) is 5.38. The number of hydrogen-bond acceptors (Lipinski definition) is 7. The second-order valence-corrected chi connectivity index (χ2v) is 11.2. The molecule has 2 aromatic carbocycles. The molecule has 1 N–H and O–H groups in total. The van der Waals surface area contributed by atoms with Gasteiger partial charge in [0.2, 0.25) is 16.9 Å². The molecule has 8 nitrogen and oxygen atoms in total. The average molecular weight is 485 g/mol. The fraction of sp³-hybridized carbons (Fsp3) is 0.304. The van der Waals surface area contributed by atoms with Gasteiger partial charge in [-0.3, -0.25) is 9.59 Å². The number of aromatic nitrogens is 2. The number of amides is 2. The van der Waals surface area contributed by atoms with Crippen molar-refractivity contribution < 1.29 is 18.0 Å². The quantitative estimate of drug-likeness (QED) is 0.550. The number of aryl methyl sites for hydroxylation is 2. The summed E-state index contributed by atoms with van der Waals surface area (Å²) in [5.41, 5.74) is 3.06. The number of rotatable bonds is 7. The summed E-state index contributed by atoms with van der Waals surface area (Å²) in [7, 11) is -3.54. The van der Waals surface area contributed by atoms with Gasteiger partial charge in [-0.1, -0.05) is 35.6 Å². The van der Waals surface area contributed by atoms with Gasteiger partial charge in [0.1, 0.15) is 5.01 Å². The molecule has 1 saturated heterocycles. The minimum Gasteiger partial charge on any atom is -0.312 e. The predicted octanol–water partition coefficient (Wildman–Crippen LogP) is 3.48. The first-order chi connectivity index (χ1) is 15.7. The summed E-state index contributed by atoms with van der Waals surface area (Å²) in [4.78, 5) is 26.8. The zero-order valence-electron chi connectivity index (χ0n) is 18.3. The summed E-state index contributed by atoms with van der Waals surface area (Å²) in [6.45, 7) is 4.50. The van der Waals surface area contributed by atoms with Gasteiger partial charge in [-0.05, 0) is 49.2 Å². The Hall–Kier alpha value is -3.11. The lowest BCUT2D eigenvalue weighted by Crippen LogP contribution is -2.24. The van der Waals surface area contributed by atoms with E-state index in [1.807, 2.05) is 26.0 Å². The highest BCUT2D eigenvalue weighted by molar-refractivity contribution is 7.91. The fourth-order valence-electron chi connectivity index (χ4n) is 3.83. The van der Waals surface area contributed by atoms with Crippen molar-refractivity contribution in [3.05, 3.63) is 64.7 Å². The van der Waals surface area contributed by atoms with Crippen LogP contribution in [0, 0.1) is 13.8 Å². The second kappa shape index (κ2) is 9.40. The van der Waals surface area contributed by atoms with Crippen molar-refractivity contribution in [2.45, 2.75) is 37.5 Å². The maximum atomic E-state index is 12.6. The molecule has 10 heteroatoms. The van der Waals surface area contributed by atoms with Crippen LogP contribution in [0.5, 0.6) is 0 Å². The summed E-state index contributed by atoms with van der Waals surface area (Å²) < 4.78 is 24.7.